The number of nitrogens with zero attached hydrogens (tertiary/aromatic N) is 1. The summed E-state index contributed by atoms with van der Waals surface area (Å²) in [5.41, 5.74) is 19.2. The maximum Gasteiger partial charge on any atom is 0.0467 e. The Morgan fingerprint density at radius 1 is 0.309 bits per heavy atom. The van der Waals surface area contributed by atoms with Crippen molar-refractivity contribution in [1.82, 2.24) is 0 Å². The zero-order valence-corrected chi connectivity index (χ0v) is 33.5. The molecular formula is C54H51N. The molecule has 2 aliphatic rings. The average Bonchev–Trinajstić information content (AvgIpc) is 3.49. The molecule has 2 aliphatic carbocycles. The average molecular weight is 714 g/mol. The molecule has 7 aromatic carbocycles. The van der Waals surface area contributed by atoms with Crippen LogP contribution in [0.25, 0.3) is 44.5 Å². The summed E-state index contributed by atoms with van der Waals surface area (Å²) in [6.07, 6.45) is 0. The first-order chi connectivity index (χ1) is 26.3. The van der Waals surface area contributed by atoms with Gasteiger partial charge in [-0.15, -0.1) is 0 Å². The van der Waals surface area contributed by atoms with Crippen molar-refractivity contribution in [1.29, 1.82) is 0 Å². The van der Waals surface area contributed by atoms with Gasteiger partial charge < -0.3 is 4.90 Å². The Morgan fingerprint density at radius 2 is 0.782 bits per heavy atom. The molecule has 55 heavy (non-hydrogen) atoms. The van der Waals surface area contributed by atoms with Crippen LogP contribution in [0, 0.1) is 5.41 Å². The van der Waals surface area contributed by atoms with Crippen molar-refractivity contribution in [3.8, 4) is 44.5 Å². The number of benzene rings is 7. The second kappa shape index (κ2) is 12.4. The first-order valence-electron chi connectivity index (χ1n) is 19.9. The maximum absolute atomic E-state index is 2.53. The molecule has 7 aromatic rings. The molecule has 0 spiro atoms. The van der Waals surface area contributed by atoms with Gasteiger partial charge in [-0.2, -0.15) is 0 Å². The van der Waals surface area contributed by atoms with Gasteiger partial charge in [-0.05, 0) is 132 Å². The summed E-state index contributed by atoms with van der Waals surface area (Å²) in [5.74, 6) is 0. The van der Waals surface area contributed by atoms with Crippen LogP contribution in [0.3, 0.4) is 0 Å². The van der Waals surface area contributed by atoms with E-state index in [4.69, 9.17) is 0 Å². The molecule has 0 fully saturated rings. The lowest BCUT2D eigenvalue weighted by atomic mass is 9.59. The number of hydrogen-bond donors (Lipinski definition) is 0. The minimum Gasteiger partial charge on any atom is -0.310 e. The number of anilines is 3. The third-order valence-corrected chi connectivity index (χ3v) is 14.2. The smallest absolute Gasteiger partial charge is 0.0467 e. The zero-order valence-electron chi connectivity index (χ0n) is 33.5. The van der Waals surface area contributed by atoms with Crippen LogP contribution in [0.4, 0.5) is 17.1 Å². The van der Waals surface area contributed by atoms with Crippen molar-refractivity contribution >= 4 is 17.1 Å². The summed E-state index contributed by atoms with van der Waals surface area (Å²) >= 11 is 0. The topological polar surface area (TPSA) is 3.24 Å². The molecule has 0 bridgehead atoms. The highest BCUT2D eigenvalue weighted by Crippen LogP contribution is 2.63. The lowest BCUT2D eigenvalue weighted by Crippen LogP contribution is -2.42. The Labute approximate surface area is 328 Å². The highest BCUT2D eigenvalue weighted by atomic mass is 15.1. The molecule has 272 valence electrons. The van der Waals surface area contributed by atoms with Crippen molar-refractivity contribution in [2.24, 2.45) is 5.41 Å². The van der Waals surface area contributed by atoms with Crippen molar-refractivity contribution in [2.45, 2.75) is 71.6 Å². The molecular weight excluding hydrogens is 663 g/mol. The molecule has 0 atom stereocenters. The van der Waals surface area contributed by atoms with Crippen LogP contribution in [0.2, 0.25) is 0 Å². The van der Waals surface area contributed by atoms with E-state index < -0.39 is 0 Å². The largest absolute Gasteiger partial charge is 0.310 e. The third kappa shape index (κ3) is 5.27. The third-order valence-electron chi connectivity index (χ3n) is 14.2. The Hall–Kier alpha value is -5.66. The molecule has 0 aliphatic heterocycles. The fourth-order valence-corrected chi connectivity index (χ4v) is 9.73. The van der Waals surface area contributed by atoms with Crippen molar-refractivity contribution in [3.05, 3.63) is 186 Å². The van der Waals surface area contributed by atoms with Gasteiger partial charge in [0.25, 0.3) is 0 Å². The van der Waals surface area contributed by atoms with Gasteiger partial charge in [0.15, 0.2) is 0 Å². The molecule has 0 aromatic heterocycles. The van der Waals surface area contributed by atoms with Crippen LogP contribution < -0.4 is 4.90 Å². The number of hydrogen-bond acceptors (Lipinski definition) is 1. The number of fused-ring (bicyclic) bond motifs is 4. The Morgan fingerprint density at radius 3 is 1.42 bits per heavy atom. The van der Waals surface area contributed by atoms with Crippen LogP contribution in [0.5, 0.6) is 0 Å². The van der Waals surface area contributed by atoms with E-state index >= 15 is 0 Å². The fourth-order valence-electron chi connectivity index (χ4n) is 9.73. The maximum atomic E-state index is 2.53. The summed E-state index contributed by atoms with van der Waals surface area (Å²) < 4.78 is 0. The second-order valence-corrected chi connectivity index (χ2v) is 17.9. The van der Waals surface area contributed by atoms with E-state index in [1.54, 1.807) is 0 Å². The van der Waals surface area contributed by atoms with Gasteiger partial charge in [0, 0.05) is 22.5 Å². The number of rotatable bonds is 6. The van der Waals surface area contributed by atoms with Gasteiger partial charge in [0.05, 0.1) is 0 Å². The summed E-state index contributed by atoms with van der Waals surface area (Å²) in [6, 6.07) is 61.0. The van der Waals surface area contributed by atoms with Crippen LogP contribution in [-0.2, 0) is 16.2 Å². The van der Waals surface area contributed by atoms with E-state index in [1.165, 1.54) is 66.8 Å². The van der Waals surface area contributed by atoms with Gasteiger partial charge >= 0.3 is 0 Å². The van der Waals surface area contributed by atoms with Gasteiger partial charge in [0.2, 0.25) is 0 Å². The van der Waals surface area contributed by atoms with E-state index in [-0.39, 0.29) is 21.7 Å². The molecule has 0 saturated carbocycles. The van der Waals surface area contributed by atoms with E-state index in [1.807, 2.05) is 0 Å². The molecule has 0 saturated heterocycles. The Bertz CT molecular complexity index is 2590. The van der Waals surface area contributed by atoms with Crippen molar-refractivity contribution < 1.29 is 0 Å². The SMILES string of the molecule is CC1(C)c2ccccc2-c2ccc(N(c3cccc(-c4ccccc4)c3)c3cccc(-c4cc5c(cc4-c4ccccc4)C(C)(C)C(C)(C)C5(C)C)c3)cc21. The minimum atomic E-state index is -0.106. The Kier molecular flexibility index (Phi) is 7.93. The minimum absolute atomic E-state index is 0.00782. The van der Waals surface area contributed by atoms with Crippen LogP contribution in [0.15, 0.2) is 164 Å². The molecule has 9 rings (SSSR count). The predicted molar refractivity (Wildman–Crippen MR) is 235 cm³/mol. The highest BCUT2D eigenvalue weighted by Gasteiger charge is 2.57. The van der Waals surface area contributed by atoms with Gasteiger partial charge in [-0.1, -0.05) is 171 Å². The molecule has 0 amide bonds. The monoisotopic (exact) mass is 713 g/mol. The summed E-state index contributed by atoms with van der Waals surface area (Å²) in [7, 11) is 0. The molecule has 0 radical (unpaired) electrons. The molecule has 0 N–H and O–H groups in total. The molecule has 0 unspecified atom stereocenters. The summed E-state index contributed by atoms with van der Waals surface area (Å²) in [4.78, 5) is 2.46. The highest BCUT2D eigenvalue weighted by molar-refractivity contribution is 5.90. The van der Waals surface area contributed by atoms with E-state index in [0.29, 0.717) is 0 Å². The summed E-state index contributed by atoms with van der Waals surface area (Å²) in [6.45, 7) is 19.4. The Balaban J connectivity index is 1.26. The van der Waals surface area contributed by atoms with Gasteiger partial charge in [-0.25, -0.2) is 0 Å². The zero-order chi connectivity index (χ0) is 38.3. The predicted octanol–water partition coefficient (Wildman–Crippen LogP) is 15.1. The lowest BCUT2D eigenvalue weighted by molar-refractivity contribution is 0.125. The standard InChI is InChI=1S/C54H51N/c1-51(2)47-28-16-15-27-43(47)44-30-29-42(33-48(44)51)55(40-25-17-23-38(31-40)36-19-11-9-12-20-36)41-26-18-24-39(32-41)46-35-50-49(34-45(46)37-21-13-10-14-22-37)52(3,4)54(7,8)53(50,5)6/h9-35H,1-8H3. The van der Waals surface area contributed by atoms with Gasteiger partial charge in [0.1, 0.15) is 0 Å². The van der Waals surface area contributed by atoms with Crippen LogP contribution in [0.1, 0.15) is 77.6 Å². The van der Waals surface area contributed by atoms with Crippen LogP contribution >= 0.6 is 0 Å². The van der Waals surface area contributed by atoms with E-state index in [0.717, 1.165) is 17.1 Å². The normalized spacial score (nSPS) is 16.6. The first kappa shape index (κ1) is 35.1. The van der Waals surface area contributed by atoms with E-state index in [2.05, 4.69) is 224 Å². The molecule has 1 nitrogen and oxygen atoms in total. The second-order valence-electron chi connectivity index (χ2n) is 17.9. The fraction of sp³-hybridized carbons (Fsp3) is 0.222. The molecule has 1 heteroatoms. The van der Waals surface area contributed by atoms with Crippen LogP contribution in [-0.4, -0.2) is 0 Å². The lowest BCUT2D eigenvalue weighted by Gasteiger charge is -2.44. The van der Waals surface area contributed by atoms with Gasteiger partial charge in [-0.3, -0.25) is 0 Å². The quantitative estimate of drug-likeness (QED) is 0.166. The molecule has 0 heterocycles. The van der Waals surface area contributed by atoms with E-state index in [9.17, 15) is 0 Å². The van der Waals surface area contributed by atoms with Crippen molar-refractivity contribution in [3.63, 3.8) is 0 Å². The summed E-state index contributed by atoms with van der Waals surface area (Å²) in [5, 5.41) is 0. The first-order valence-corrected chi connectivity index (χ1v) is 19.9. The van der Waals surface area contributed by atoms with Crippen molar-refractivity contribution in [2.75, 3.05) is 4.90 Å².